The van der Waals surface area contributed by atoms with E-state index in [1.165, 1.54) is 6.42 Å². The molecule has 1 rings (SSSR count). The quantitative estimate of drug-likeness (QED) is 0.628. The third kappa shape index (κ3) is 3.56. The van der Waals surface area contributed by atoms with Crippen molar-refractivity contribution in [3.63, 3.8) is 0 Å². The van der Waals surface area contributed by atoms with Gasteiger partial charge in [-0.3, -0.25) is 4.79 Å². The molecule has 0 heterocycles. The van der Waals surface area contributed by atoms with Gasteiger partial charge in [-0.25, -0.2) is 0 Å². The predicted octanol–water partition coefficient (Wildman–Crippen LogP) is 2.72. The van der Waals surface area contributed by atoms with Gasteiger partial charge in [0.25, 0.3) is 0 Å². The van der Waals surface area contributed by atoms with Crippen LogP contribution in [0.4, 0.5) is 0 Å². The molecular formula is C13H24O3. The number of ether oxygens (including phenoxy) is 2. The Morgan fingerprint density at radius 2 is 1.94 bits per heavy atom. The van der Waals surface area contributed by atoms with Crippen LogP contribution in [0.3, 0.4) is 0 Å². The van der Waals surface area contributed by atoms with Gasteiger partial charge in [0, 0.05) is 26.7 Å². The first-order chi connectivity index (χ1) is 7.75. The van der Waals surface area contributed by atoms with Gasteiger partial charge in [-0.1, -0.05) is 19.3 Å². The fourth-order valence-electron chi connectivity index (χ4n) is 2.51. The molecular weight excluding hydrogens is 204 g/mol. The van der Waals surface area contributed by atoms with Crippen LogP contribution in [-0.4, -0.2) is 31.7 Å². The van der Waals surface area contributed by atoms with Crippen LogP contribution in [0.5, 0.6) is 0 Å². The average molecular weight is 228 g/mol. The molecule has 0 aromatic heterocycles. The Balaban J connectivity index is 2.50. The summed E-state index contributed by atoms with van der Waals surface area (Å²) < 4.78 is 10.8. The van der Waals surface area contributed by atoms with Crippen LogP contribution >= 0.6 is 0 Å². The number of hydrogen-bond donors (Lipinski definition) is 0. The normalized spacial score (nSPS) is 19.6. The van der Waals surface area contributed by atoms with Crippen LogP contribution in [0.1, 0.15) is 51.9 Å². The zero-order chi connectivity index (χ0) is 11.9. The first-order valence-electron chi connectivity index (χ1n) is 6.41. The van der Waals surface area contributed by atoms with E-state index in [1.54, 1.807) is 7.11 Å². The second-order valence-corrected chi connectivity index (χ2v) is 4.51. The molecule has 1 fully saturated rings. The zero-order valence-electron chi connectivity index (χ0n) is 10.6. The molecule has 94 valence electrons. The Kier molecular flexibility index (Phi) is 5.99. The van der Waals surface area contributed by atoms with Crippen LogP contribution in [0.15, 0.2) is 0 Å². The molecule has 16 heavy (non-hydrogen) atoms. The third-order valence-electron chi connectivity index (χ3n) is 3.34. The fraction of sp³-hybridized carbons (Fsp3) is 0.923. The molecule has 0 amide bonds. The molecule has 1 saturated carbocycles. The van der Waals surface area contributed by atoms with Crippen molar-refractivity contribution in [1.29, 1.82) is 0 Å². The fourth-order valence-corrected chi connectivity index (χ4v) is 2.51. The van der Waals surface area contributed by atoms with E-state index in [9.17, 15) is 4.79 Å². The van der Waals surface area contributed by atoms with Crippen LogP contribution < -0.4 is 0 Å². The molecule has 0 aromatic rings. The molecule has 0 N–H and O–H groups in total. The summed E-state index contributed by atoms with van der Waals surface area (Å²) in [6, 6.07) is 0. The van der Waals surface area contributed by atoms with E-state index in [4.69, 9.17) is 9.47 Å². The zero-order valence-corrected chi connectivity index (χ0v) is 10.6. The minimum absolute atomic E-state index is 0.283. The molecule has 3 nitrogen and oxygen atoms in total. The first-order valence-corrected chi connectivity index (χ1v) is 6.41. The summed E-state index contributed by atoms with van der Waals surface area (Å²) >= 11 is 0. The molecule has 0 spiro atoms. The Morgan fingerprint density at radius 1 is 1.25 bits per heavy atom. The number of carbonyl (C=O) groups excluding carboxylic acids is 1. The van der Waals surface area contributed by atoms with Crippen molar-refractivity contribution in [2.45, 2.75) is 57.5 Å². The standard InChI is InChI=1S/C13H24O3/c1-3-16-13(9-5-4-6-10-13)12(14)8-7-11-15-2/h3-11H2,1-2H3. The second kappa shape index (κ2) is 7.02. The van der Waals surface area contributed by atoms with Gasteiger partial charge in [-0.15, -0.1) is 0 Å². The van der Waals surface area contributed by atoms with E-state index in [0.717, 1.165) is 32.1 Å². The lowest BCUT2D eigenvalue weighted by Gasteiger charge is -2.35. The summed E-state index contributed by atoms with van der Waals surface area (Å²) in [5.41, 5.74) is -0.458. The number of carbonyl (C=O) groups is 1. The molecule has 0 aromatic carbocycles. The third-order valence-corrected chi connectivity index (χ3v) is 3.34. The Labute approximate surface area is 98.5 Å². The summed E-state index contributed by atoms with van der Waals surface area (Å²) in [5, 5.41) is 0. The van der Waals surface area contributed by atoms with Crippen molar-refractivity contribution in [1.82, 2.24) is 0 Å². The summed E-state index contributed by atoms with van der Waals surface area (Å²) in [7, 11) is 1.67. The smallest absolute Gasteiger partial charge is 0.164 e. The number of hydrogen-bond acceptors (Lipinski definition) is 3. The van der Waals surface area contributed by atoms with Crippen LogP contribution in [0.2, 0.25) is 0 Å². The van der Waals surface area contributed by atoms with Gasteiger partial charge >= 0.3 is 0 Å². The highest BCUT2D eigenvalue weighted by Crippen LogP contribution is 2.33. The average Bonchev–Trinajstić information content (AvgIpc) is 2.31. The highest BCUT2D eigenvalue weighted by atomic mass is 16.5. The van der Waals surface area contributed by atoms with Gasteiger partial charge in [0.15, 0.2) is 5.78 Å². The Hall–Kier alpha value is -0.410. The molecule has 0 unspecified atom stereocenters. The molecule has 0 radical (unpaired) electrons. The van der Waals surface area contributed by atoms with Crippen LogP contribution in [0.25, 0.3) is 0 Å². The summed E-state index contributed by atoms with van der Waals surface area (Å²) in [6.07, 6.45) is 6.70. The molecule has 0 atom stereocenters. The van der Waals surface area contributed by atoms with Gasteiger partial charge in [-0.05, 0) is 26.2 Å². The van der Waals surface area contributed by atoms with Crippen LogP contribution in [0, 0.1) is 0 Å². The van der Waals surface area contributed by atoms with E-state index in [0.29, 0.717) is 19.6 Å². The maximum atomic E-state index is 12.2. The highest BCUT2D eigenvalue weighted by molar-refractivity contribution is 5.87. The van der Waals surface area contributed by atoms with E-state index >= 15 is 0 Å². The molecule has 3 heteroatoms. The Morgan fingerprint density at radius 3 is 2.50 bits per heavy atom. The number of rotatable bonds is 7. The lowest BCUT2D eigenvalue weighted by Crippen LogP contribution is -2.43. The summed E-state index contributed by atoms with van der Waals surface area (Å²) in [5.74, 6) is 0.283. The van der Waals surface area contributed by atoms with Gasteiger partial charge in [0.1, 0.15) is 5.60 Å². The largest absolute Gasteiger partial charge is 0.385 e. The lowest BCUT2D eigenvalue weighted by atomic mass is 9.80. The number of methoxy groups -OCH3 is 1. The topological polar surface area (TPSA) is 35.5 Å². The van der Waals surface area contributed by atoms with Crippen LogP contribution in [-0.2, 0) is 14.3 Å². The van der Waals surface area contributed by atoms with Crippen molar-refractivity contribution in [3.8, 4) is 0 Å². The van der Waals surface area contributed by atoms with Crippen molar-refractivity contribution in [2.75, 3.05) is 20.3 Å². The maximum absolute atomic E-state index is 12.2. The monoisotopic (exact) mass is 228 g/mol. The molecule has 1 aliphatic rings. The van der Waals surface area contributed by atoms with Gasteiger partial charge in [0.2, 0.25) is 0 Å². The van der Waals surface area contributed by atoms with E-state index in [2.05, 4.69) is 0 Å². The number of ketones is 1. The van der Waals surface area contributed by atoms with Gasteiger partial charge in [-0.2, -0.15) is 0 Å². The van der Waals surface area contributed by atoms with Gasteiger partial charge in [0.05, 0.1) is 0 Å². The van der Waals surface area contributed by atoms with E-state index < -0.39 is 5.60 Å². The van der Waals surface area contributed by atoms with Crippen molar-refractivity contribution in [3.05, 3.63) is 0 Å². The van der Waals surface area contributed by atoms with E-state index in [-0.39, 0.29) is 5.78 Å². The summed E-state index contributed by atoms with van der Waals surface area (Å²) in [4.78, 5) is 12.2. The molecule has 1 aliphatic carbocycles. The SMILES string of the molecule is CCOC1(C(=O)CCCOC)CCCCC1. The summed E-state index contributed by atoms with van der Waals surface area (Å²) in [6.45, 7) is 3.27. The van der Waals surface area contributed by atoms with Crippen molar-refractivity contribution >= 4 is 5.78 Å². The van der Waals surface area contributed by atoms with Crippen molar-refractivity contribution in [2.24, 2.45) is 0 Å². The van der Waals surface area contributed by atoms with E-state index in [1.807, 2.05) is 6.92 Å². The first kappa shape index (κ1) is 13.7. The number of Topliss-reactive ketones (excluding diaryl/α,β-unsaturated/α-hetero) is 1. The lowest BCUT2D eigenvalue weighted by molar-refractivity contribution is -0.149. The predicted molar refractivity (Wildman–Crippen MR) is 63.6 cm³/mol. The molecule has 0 saturated heterocycles. The van der Waals surface area contributed by atoms with Gasteiger partial charge < -0.3 is 9.47 Å². The second-order valence-electron chi connectivity index (χ2n) is 4.51. The minimum Gasteiger partial charge on any atom is -0.385 e. The van der Waals surface area contributed by atoms with Crippen molar-refractivity contribution < 1.29 is 14.3 Å². The molecule has 0 bridgehead atoms. The highest BCUT2D eigenvalue weighted by Gasteiger charge is 2.39. The minimum atomic E-state index is -0.458. The Bertz CT molecular complexity index is 202. The molecule has 0 aliphatic heterocycles. The maximum Gasteiger partial charge on any atom is 0.164 e.